The average molecular weight is 487 g/mol. The van der Waals surface area contributed by atoms with Crippen molar-refractivity contribution in [1.29, 1.82) is 0 Å². The fourth-order valence-corrected chi connectivity index (χ4v) is 3.54. The summed E-state index contributed by atoms with van der Waals surface area (Å²) in [5, 5.41) is 8.51. The van der Waals surface area contributed by atoms with Crippen molar-refractivity contribution < 1.29 is 22.7 Å². The van der Waals surface area contributed by atoms with Gasteiger partial charge in [-0.05, 0) is 44.4 Å². The molecule has 0 unspecified atom stereocenters. The molecule has 0 fully saturated rings. The van der Waals surface area contributed by atoms with Crippen LogP contribution in [0.3, 0.4) is 0 Å². The van der Waals surface area contributed by atoms with Crippen LogP contribution in [0.4, 0.5) is 13.2 Å². The van der Waals surface area contributed by atoms with E-state index in [1.54, 1.807) is 53.4 Å². The van der Waals surface area contributed by atoms with E-state index in [4.69, 9.17) is 9.57 Å². The third kappa shape index (κ3) is 7.43. The maximum Gasteiger partial charge on any atom is 0.387 e. The van der Waals surface area contributed by atoms with E-state index in [1.165, 1.54) is 21.0 Å². The molecule has 0 radical (unpaired) electrons. The summed E-state index contributed by atoms with van der Waals surface area (Å²) in [6, 6.07) is 8.70. The van der Waals surface area contributed by atoms with E-state index in [2.05, 4.69) is 15.2 Å². The van der Waals surface area contributed by atoms with Gasteiger partial charge in [0.2, 0.25) is 0 Å². The minimum Gasteiger partial charge on any atom is -0.439 e. The van der Waals surface area contributed by atoms with Crippen LogP contribution in [-0.2, 0) is 21.8 Å². The fraction of sp³-hybridized carbons (Fsp3) is 0.346. The van der Waals surface area contributed by atoms with Gasteiger partial charge in [-0.3, -0.25) is 4.68 Å². The van der Waals surface area contributed by atoms with Gasteiger partial charge in [0.15, 0.2) is 5.84 Å². The molecule has 3 rings (SSSR count). The minimum absolute atomic E-state index is 0.263. The third-order valence-corrected chi connectivity index (χ3v) is 5.36. The van der Waals surface area contributed by atoms with Gasteiger partial charge in [-0.15, -0.1) is 0 Å². The highest BCUT2D eigenvalue weighted by Gasteiger charge is 2.18. The first-order chi connectivity index (χ1) is 16.7. The van der Waals surface area contributed by atoms with Crippen LogP contribution in [-0.4, -0.2) is 35.6 Å². The van der Waals surface area contributed by atoms with Gasteiger partial charge in [0.05, 0.1) is 6.21 Å². The van der Waals surface area contributed by atoms with Gasteiger partial charge in [-0.2, -0.15) is 13.9 Å². The van der Waals surface area contributed by atoms with Crippen LogP contribution in [0.5, 0.6) is 0 Å². The lowest BCUT2D eigenvalue weighted by Gasteiger charge is -2.14. The molecule has 0 saturated carbocycles. The maximum absolute atomic E-state index is 14.1. The zero-order valence-electron chi connectivity index (χ0n) is 20.2. The van der Waals surface area contributed by atoms with Gasteiger partial charge >= 0.3 is 6.61 Å². The van der Waals surface area contributed by atoms with E-state index in [9.17, 15) is 13.2 Å². The SMILES string of the molecule is CO/N=C(\N=Cc1cc(C)n(CCC2=C(OC(F)F)CC=CC=C2)n1)c1ccc(C(C)(C)F)cc1. The summed E-state index contributed by atoms with van der Waals surface area (Å²) >= 11 is 0. The molecule has 35 heavy (non-hydrogen) atoms. The number of amidine groups is 1. The van der Waals surface area contributed by atoms with Crippen LogP contribution >= 0.6 is 0 Å². The summed E-state index contributed by atoms with van der Waals surface area (Å²) in [5.74, 6) is 0.581. The van der Waals surface area contributed by atoms with E-state index in [1.807, 2.05) is 19.1 Å². The summed E-state index contributed by atoms with van der Waals surface area (Å²) in [7, 11) is 1.42. The molecule has 0 N–H and O–H groups in total. The highest BCUT2D eigenvalue weighted by Crippen LogP contribution is 2.25. The second-order valence-corrected chi connectivity index (χ2v) is 8.41. The Hall–Kier alpha value is -3.62. The molecular weight excluding hydrogens is 457 g/mol. The van der Waals surface area contributed by atoms with Gasteiger partial charge in [-0.25, -0.2) is 9.38 Å². The van der Waals surface area contributed by atoms with Gasteiger partial charge in [0.25, 0.3) is 0 Å². The smallest absolute Gasteiger partial charge is 0.387 e. The van der Waals surface area contributed by atoms with Crippen LogP contribution in [0.25, 0.3) is 0 Å². The van der Waals surface area contributed by atoms with Gasteiger partial charge in [0.1, 0.15) is 24.2 Å². The number of nitrogens with zero attached hydrogens (tertiary/aromatic N) is 4. The number of benzene rings is 1. The number of alkyl halides is 3. The lowest BCUT2D eigenvalue weighted by atomic mass is 9.99. The molecule has 1 aromatic heterocycles. The van der Waals surface area contributed by atoms with Crippen molar-refractivity contribution in [2.75, 3.05) is 7.11 Å². The molecule has 0 atom stereocenters. The normalized spacial score (nSPS) is 14.8. The van der Waals surface area contributed by atoms with Gasteiger partial charge < -0.3 is 9.57 Å². The van der Waals surface area contributed by atoms with E-state index >= 15 is 0 Å². The van der Waals surface area contributed by atoms with Crippen molar-refractivity contribution in [1.82, 2.24) is 9.78 Å². The Morgan fingerprint density at radius 1 is 1.23 bits per heavy atom. The summed E-state index contributed by atoms with van der Waals surface area (Å²) < 4.78 is 46.2. The van der Waals surface area contributed by atoms with Crippen LogP contribution in [0, 0.1) is 6.92 Å². The highest BCUT2D eigenvalue weighted by molar-refractivity contribution is 6.04. The topological polar surface area (TPSA) is 61.0 Å². The second-order valence-electron chi connectivity index (χ2n) is 8.41. The molecule has 9 heteroatoms. The van der Waals surface area contributed by atoms with Crippen molar-refractivity contribution in [3.05, 3.63) is 88.5 Å². The number of aromatic nitrogens is 2. The first kappa shape index (κ1) is 26.0. The predicted molar refractivity (Wildman–Crippen MR) is 130 cm³/mol. The molecule has 1 aliphatic rings. The molecule has 6 nitrogen and oxygen atoms in total. The molecule has 1 heterocycles. The predicted octanol–water partition coefficient (Wildman–Crippen LogP) is 6.22. The van der Waals surface area contributed by atoms with E-state index in [-0.39, 0.29) is 5.76 Å². The van der Waals surface area contributed by atoms with Crippen LogP contribution in [0.1, 0.15) is 49.2 Å². The Balaban J connectivity index is 1.74. The summed E-state index contributed by atoms with van der Waals surface area (Å²) in [5.41, 5.74) is 1.96. The van der Waals surface area contributed by atoms with Crippen molar-refractivity contribution in [3.63, 3.8) is 0 Å². The number of hydrogen-bond acceptors (Lipinski definition) is 4. The number of rotatable bonds is 9. The standard InChI is InChI=1S/C26H29F3N4O2/c1-18-16-22(17-30-24(32-34-4)20-10-12-21(13-11-20)26(2,3)29)31-33(18)15-14-19-8-6-5-7-9-23(19)35-25(27)28/h5-8,10-13,16-17,25H,9,14-15H2,1-4H3/b30-17?,32-24-. The maximum atomic E-state index is 14.1. The Morgan fingerprint density at radius 2 is 1.97 bits per heavy atom. The average Bonchev–Trinajstić information content (AvgIpc) is 3.01. The van der Waals surface area contributed by atoms with Crippen molar-refractivity contribution in [2.24, 2.45) is 10.1 Å². The molecule has 0 bridgehead atoms. The van der Waals surface area contributed by atoms with Crippen LogP contribution in [0.2, 0.25) is 0 Å². The Kier molecular flexibility index (Phi) is 8.68. The van der Waals surface area contributed by atoms with Crippen molar-refractivity contribution >= 4 is 12.1 Å². The number of aryl methyl sites for hydroxylation is 2. The molecule has 186 valence electrons. The number of aliphatic imine (C=N–C) groups is 1. The van der Waals surface area contributed by atoms with Crippen molar-refractivity contribution in [3.8, 4) is 0 Å². The number of oxime groups is 1. The molecular formula is C26H29F3N4O2. The lowest BCUT2D eigenvalue weighted by molar-refractivity contribution is -0.0981. The molecule has 0 spiro atoms. The molecule has 0 amide bonds. The molecule has 0 saturated heterocycles. The second kappa shape index (κ2) is 11.7. The molecule has 1 aliphatic carbocycles. The Labute approximate surface area is 203 Å². The van der Waals surface area contributed by atoms with Crippen LogP contribution < -0.4 is 0 Å². The lowest BCUT2D eigenvalue weighted by Crippen LogP contribution is -2.09. The van der Waals surface area contributed by atoms with Gasteiger partial charge in [-0.1, -0.05) is 53.7 Å². The van der Waals surface area contributed by atoms with E-state index in [0.717, 1.165) is 5.69 Å². The Morgan fingerprint density at radius 3 is 2.63 bits per heavy atom. The van der Waals surface area contributed by atoms with Crippen molar-refractivity contribution in [2.45, 2.75) is 52.4 Å². The zero-order chi connectivity index (χ0) is 25.4. The number of halogens is 3. The third-order valence-electron chi connectivity index (χ3n) is 5.36. The first-order valence-corrected chi connectivity index (χ1v) is 11.2. The Bertz CT molecular complexity index is 1150. The first-order valence-electron chi connectivity index (χ1n) is 11.2. The summed E-state index contributed by atoms with van der Waals surface area (Å²) in [4.78, 5) is 9.32. The quantitative estimate of drug-likeness (QED) is 0.240. The highest BCUT2D eigenvalue weighted by atomic mass is 19.3. The number of allylic oxidation sites excluding steroid dienone is 5. The number of ether oxygens (including phenoxy) is 1. The number of hydrogen-bond donors (Lipinski definition) is 0. The largest absolute Gasteiger partial charge is 0.439 e. The monoisotopic (exact) mass is 486 g/mol. The summed E-state index contributed by atoms with van der Waals surface area (Å²) in [6.45, 7) is 2.51. The molecule has 2 aromatic rings. The molecule has 1 aromatic carbocycles. The zero-order valence-corrected chi connectivity index (χ0v) is 20.2. The van der Waals surface area contributed by atoms with Gasteiger partial charge in [0, 0.05) is 24.2 Å². The fourth-order valence-electron chi connectivity index (χ4n) is 3.54. The van der Waals surface area contributed by atoms with E-state index < -0.39 is 12.3 Å². The van der Waals surface area contributed by atoms with Crippen LogP contribution in [0.15, 0.2) is 76.1 Å². The van der Waals surface area contributed by atoms with E-state index in [0.29, 0.717) is 47.6 Å². The summed E-state index contributed by atoms with van der Waals surface area (Å²) in [6.07, 6.45) is 9.53. The minimum atomic E-state index is -2.86. The molecule has 0 aliphatic heterocycles.